The number of likely N-dealkylation sites (tertiary alicyclic amines) is 1. The number of imide groups is 1. The van der Waals surface area contributed by atoms with Gasteiger partial charge in [0.2, 0.25) is 5.91 Å². The molecule has 2 saturated heterocycles. The van der Waals surface area contributed by atoms with Gasteiger partial charge in [0.25, 0.3) is 5.91 Å². The Morgan fingerprint density at radius 2 is 2.00 bits per heavy atom. The lowest BCUT2D eigenvalue weighted by Crippen LogP contribution is -2.48. The first-order valence-electron chi connectivity index (χ1n) is 8.44. The van der Waals surface area contributed by atoms with Crippen molar-refractivity contribution < 1.29 is 19.1 Å². The summed E-state index contributed by atoms with van der Waals surface area (Å²) in [5, 5.41) is 0. The molecule has 2 aliphatic heterocycles. The zero-order valence-electron chi connectivity index (χ0n) is 13.8. The molecule has 6 nitrogen and oxygen atoms in total. The number of piperidine rings is 1. The number of anilines is 1. The van der Waals surface area contributed by atoms with Gasteiger partial charge < -0.3 is 4.74 Å². The lowest BCUT2D eigenvalue weighted by molar-refractivity contribution is -0.150. The molecule has 0 saturated carbocycles. The van der Waals surface area contributed by atoms with Gasteiger partial charge in [-0.3, -0.25) is 19.3 Å². The molecule has 0 unspecified atom stereocenters. The summed E-state index contributed by atoms with van der Waals surface area (Å²) in [4.78, 5) is 40.3. The fourth-order valence-corrected chi connectivity index (χ4v) is 3.49. The van der Waals surface area contributed by atoms with E-state index in [4.69, 9.17) is 4.74 Å². The summed E-state index contributed by atoms with van der Waals surface area (Å²) in [7, 11) is 0. The molecule has 0 N–H and O–H groups in total. The van der Waals surface area contributed by atoms with Gasteiger partial charge in [-0.2, -0.15) is 0 Å². The average Bonchev–Trinajstić information content (AvgIpc) is 2.90. The Hall–Kier alpha value is -2.21. The van der Waals surface area contributed by atoms with Crippen LogP contribution in [0, 0.1) is 5.92 Å². The predicted molar refractivity (Wildman–Crippen MR) is 88.3 cm³/mol. The van der Waals surface area contributed by atoms with Crippen molar-refractivity contribution in [2.45, 2.75) is 32.2 Å². The van der Waals surface area contributed by atoms with Crippen LogP contribution in [-0.4, -0.2) is 48.4 Å². The van der Waals surface area contributed by atoms with E-state index in [1.807, 2.05) is 11.0 Å². The summed E-state index contributed by atoms with van der Waals surface area (Å²) in [6.07, 6.45) is 1.77. The molecular formula is C18H22N2O4. The van der Waals surface area contributed by atoms with Gasteiger partial charge in [-0.25, -0.2) is 4.90 Å². The molecule has 2 atom stereocenters. The Morgan fingerprint density at radius 1 is 1.25 bits per heavy atom. The highest BCUT2D eigenvalue weighted by Crippen LogP contribution is 2.28. The van der Waals surface area contributed by atoms with Crippen LogP contribution in [0.4, 0.5) is 5.69 Å². The zero-order chi connectivity index (χ0) is 17.1. The molecule has 3 rings (SSSR count). The van der Waals surface area contributed by atoms with Crippen LogP contribution in [0.15, 0.2) is 30.3 Å². The van der Waals surface area contributed by atoms with Gasteiger partial charge in [0, 0.05) is 6.54 Å². The molecule has 1 aromatic carbocycles. The number of rotatable bonds is 4. The summed E-state index contributed by atoms with van der Waals surface area (Å²) in [5.74, 6) is -0.809. The number of nitrogens with zero attached hydrogens (tertiary/aromatic N) is 2. The Kier molecular flexibility index (Phi) is 4.94. The van der Waals surface area contributed by atoms with Crippen LogP contribution in [0.1, 0.15) is 26.2 Å². The molecule has 0 aromatic heterocycles. The third-order valence-corrected chi connectivity index (χ3v) is 4.65. The van der Waals surface area contributed by atoms with Crippen molar-refractivity contribution in [3.05, 3.63) is 30.3 Å². The molecule has 128 valence electrons. The minimum Gasteiger partial charge on any atom is -0.466 e. The maximum absolute atomic E-state index is 12.8. The highest BCUT2D eigenvalue weighted by atomic mass is 16.5. The van der Waals surface area contributed by atoms with Gasteiger partial charge in [-0.15, -0.1) is 0 Å². The minimum absolute atomic E-state index is 0.170. The van der Waals surface area contributed by atoms with E-state index < -0.39 is 6.04 Å². The van der Waals surface area contributed by atoms with Crippen LogP contribution in [0.25, 0.3) is 0 Å². The molecule has 0 spiro atoms. The molecule has 0 bridgehead atoms. The maximum Gasteiger partial charge on any atom is 0.310 e. The summed E-state index contributed by atoms with van der Waals surface area (Å²) in [6.45, 7) is 3.35. The number of hydrogen-bond donors (Lipinski definition) is 0. The lowest BCUT2D eigenvalue weighted by atomic mass is 9.96. The van der Waals surface area contributed by atoms with Crippen molar-refractivity contribution in [1.82, 2.24) is 4.90 Å². The van der Waals surface area contributed by atoms with Crippen molar-refractivity contribution >= 4 is 23.5 Å². The van der Waals surface area contributed by atoms with E-state index in [1.165, 1.54) is 4.90 Å². The van der Waals surface area contributed by atoms with Gasteiger partial charge in [-0.05, 0) is 38.4 Å². The smallest absolute Gasteiger partial charge is 0.310 e. The highest BCUT2D eigenvalue weighted by Gasteiger charge is 2.44. The van der Waals surface area contributed by atoms with Crippen LogP contribution < -0.4 is 4.90 Å². The summed E-state index contributed by atoms with van der Waals surface area (Å²) >= 11 is 0. The monoisotopic (exact) mass is 330 g/mol. The van der Waals surface area contributed by atoms with Gasteiger partial charge in [0.05, 0.1) is 30.7 Å². The standard InChI is InChI=1S/C18H22N2O4/c1-2-24-18(23)13-7-6-10-19(12-13)15-11-16(21)20(17(15)22)14-8-4-3-5-9-14/h3-5,8-9,13,15H,2,6-7,10-12H2,1H3/t13-,15+/m1/s1. The van der Waals surface area contributed by atoms with E-state index >= 15 is 0 Å². The first kappa shape index (κ1) is 16.6. The van der Waals surface area contributed by atoms with Crippen LogP contribution in [-0.2, 0) is 19.1 Å². The molecule has 2 amide bonds. The number of ether oxygens (including phenoxy) is 1. The Labute approximate surface area is 141 Å². The number of amides is 2. The Balaban J connectivity index is 1.72. The largest absolute Gasteiger partial charge is 0.466 e. The minimum atomic E-state index is -0.477. The third-order valence-electron chi connectivity index (χ3n) is 4.65. The molecule has 0 aliphatic carbocycles. The first-order chi connectivity index (χ1) is 11.6. The second-order valence-corrected chi connectivity index (χ2v) is 6.21. The van der Waals surface area contributed by atoms with Crippen molar-refractivity contribution in [1.29, 1.82) is 0 Å². The summed E-state index contributed by atoms with van der Waals surface area (Å²) in [5.41, 5.74) is 0.606. The topological polar surface area (TPSA) is 66.9 Å². The fraction of sp³-hybridized carbons (Fsp3) is 0.500. The van der Waals surface area contributed by atoms with Crippen molar-refractivity contribution in [3.8, 4) is 0 Å². The third kappa shape index (κ3) is 3.19. The fourth-order valence-electron chi connectivity index (χ4n) is 3.49. The number of benzene rings is 1. The van der Waals surface area contributed by atoms with E-state index in [9.17, 15) is 14.4 Å². The number of hydrogen-bond acceptors (Lipinski definition) is 5. The van der Waals surface area contributed by atoms with Crippen LogP contribution in [0.2, 0.25) is 0 Å². The lowest BCUT2D eigenvalue weighted by Gasteiger charge is -2.34. The molecule has 0 radical (unpaired) electrons. The quantitative estimate of drug-likeness (QED) is 0.619. The highest BCUT2D eigenvalue weighted by molar-refractivity contribution is 6.22. The second-order valence-electron chi connectivity index (χ2n) is 6.21. The molecule has 2 heterocycles. The zero-order valence-corrected chi connectivity index (χ0v) is 13.8. The molecule has 2 aliphatic rings. The van der Waals surface area contributed by atoms with Crippen molar-refractivity contribution in [2.75, 3.05) is 24.6 Å². The van der Waals surface area contributed by atoms with E-state index in [0.717, 1.165) is 19.4 Å². The number of carbonyl (C=O) groups excluding carboxylic acids is 3. The maximum atomic E-state index is 12.8. The first-order valence-corrected chi connectivity index (χ1v) is 8.44. The molecule has 2 fully saturated rings. The van der Waals surface area contributed by atoms with Gasteiger partial charge >= 0.3 is 5.97 Å². The Morgan fingerprint density at radius 3 is 2.71 bits per heavy atom. The van der Waals surface area contributed by atoms with E-state index in [-0.39, 0.29) is 30.1 Å². The average molecular weight is 330 g/mol. The number of carbonyl (C=O) groups is 3. The Bertz CT molecular complexity index is 631. The number of esters is 1. The van der Waals surface area contributed by atoms with Crippen LogP contribution in [0.3, 0.4) is 0 Å². The van der Waals surface area contributed by atoms with Crippen LogP contribution in [0.5, 0.6) is 0 Å². The summed E-state index contributed by atoms with van der Waals surface area (Å²) in [6, 6.07) is 8.50. The van der Waals surface area contributed by atoms with Crippen molar-refractivity contribution in [3.63, 3.8) is 0 Å². The predicted octanol–water partition coefficient (Wildman–Crippen LogP) is 1.59. The number of para-hydroxylation sites is 1. The van der Waals surface area contributed by atoms with E-state index in [2.05, 4.69) is 0 Å². The van der Waals surface area contributed by atoms with E-state index in [0.29, 0.717) is 18.8 Å². The van der Waals surface area contributed by atoms with Gasteiger partial charge in [0.1, 0.15) is 0 Å². The van der Waals surface area contributed by atoms with Gasteiger partial charge in [0.15, 0.2) is 0 Å². The molecule has 24 heavy (non-hydrogen) atoms. The second kappa shape index (κ2) is 7.13. The SMILES string of the molecule is CCOC(=O)[C@@H]1CCCN([C@H]2CC(=O)N(c3ccccc3)C2=O)C1. The molecule has 6 heteroatoms. The normalized spacial score (nSPS) is 25.1. The molecule has 1 aromatic rings. The van der Waals surface area contributed by atoms with Crippen molar-refractivity contribution in [2.24, 2.45) is 5.92 Å². The molecular weight excluding hydrogens is 308 g/mol. The van der Waals surface area contributed by atoms with E-state index in [1.54, 1.807) is 31.2 Å². The van der Waals surface area contributed by atoms with Gasteiger partial charge in [-0.1, -0.05) is 18.2 Å². The van der Waals surface area contributed by atoms with Crippen LogP contribution >= 0.6 is 0 Å². The summed E-state index contributed by atoms with van der Waals surface area (Å²) < 4.78 is 5.10.